The lowest BCUT2D eigenvalue weighted by molar-refractivity contribution is -0.0652. The number of hydrogen-bond acceptors (Lipinski definition) is 5. The van der Waals surface area contributed by atoms with Crippen LogP contribution < -0.4 is 0 Å². The fraction of sp³-hybridized carbons (Fsp3) is 1.00. The molecule has 0 unspecified atom stereocenters. The standard InChI is InChI=1S/C9H19NO5S2/c1-3-4-9(11)7-10(8-9)17(14,15)6-5-16(2,12)13/h11H,3-8H2,1-2H3. The number of nitrogens with zero attached hydrogens (tertiary/aromatic N) is 1. The molecule has 102 valence electrons. The molecule has 0 saturated carbocycles. The van der Waals surface area contributed by atoms with Crippen LogP contribution in [-0.4, -0.2) is 62.7 Å². The van der Waals surface area contributed by atoms with Crippen LogP contribution in [0.3, 0.4) is 0 Å². The number of sulfone groups is 1. The summed E-state index contributed by atoms with van der Waals surface area (Å²) in [6.45, 7) is 2.07. The molecule has 8 heteroatoms. The summed E-state index contributed by atoms with van der Waals surface area (Å²) in [7, 11) is -6.83. The molecule has 0 aromatic carbocycles. The van der Waals surface area contributed by atoms with Gasteiger partial charge in [-0.25, -0.2) is 16.8 Å². The fourth-order valence-corrected chi connectivity index (χ4v) is 5.00. The second-order valence-corrected chi connectivity index (χ2v) is 9.04. The monoisotopic (exact) mass is 285 g/mol. The summed E-state index contributed by atoms with van der Waals surface area (Å²) in [6.07, 6.45) is 2.35. The maximum absolute atomic E-state index is 11.7. The van der Waals surface area contributed by atoms with Crippen molar-refractivity contribution in [3.05, 3.63) is 0 Å². The van der Waals surface area contributed by atoms with Gasteiger partial charge in [-0.15, -0.1) is 0 Å². The Kier molecular flexibility index (Phi) is 4.23. The van der Waals surface area contributed by atoms with Gasteiger partial charge in [0.15, 0.2) is 0 Å². The minimum absolute atomic E-state index is 0.0763. The van der Waals surface area contributed by atoms with Crippen molar-refractivity contribution in [3.63, 3.8) is 0 Å². The van der Waals surface area contributed by atoms with Crippen molar-refractivity contribution in [1.29, 1.82) is 0 Å². The zero-order chi connectivity index (χ0) is 13.3. The van der Waals surface area contributed by atoms with Crippen molar-refractivity contribution in [2.45, 2.75) is 25.4 Å². The SMILES string of the molecule is CCCC1(O)CN(S(=O)(=O)CCS(C)(=O)=O)C1. The van der Waals surface area contributed by atoms with Crippen LogP contribution in [0, 0.1) is 0 Å². The summed E-state index contributed by atoms with van der Waals surface area (Å²) < 4.78 is 46.4. The van der Waals surface area contributed by atoms with Crippen LogP contribution in [0.1, 0.15) is 19.8 Å². The molecule has 6 nitrogen and oxygen atoms in total. The van der Waals surface area contributed by atoms with Gasteiger partial charge in [-0.2, -0.15) is 4.31 Å². The van der Waals surface area contributed by atoms with Gasteiger partial charge in [0, 0.05) is 19.3 Å². The highest BCUT2D eigenvalue weighted by Gasteiger charge is 2.45. The van der Waals surface area contributed by atoms with Crippen molar-refractivity contribution in [3.8, 4) is 0 Å². The van der Waals surface area contributed by atoms with E-state index in [0.717, 1.165) is 17.0 Å². The molecule has 0 atom stereocenters. The van der Waals surface area contributed by atoms with E-state index in [2.05, 4.69) is 0 Å². The Morgan fingerprint density at radius 2 is 1.71 bits per heavy atom. The van der Waals surface area contributed by atoms with Crippen LogP contribution in [0.4, 0.5) is 0 Å². The van der Waals surface area contributed by atoms with Crippen LogP contribution in [0.15, 0.2) is 0 Å². The van der Waals surface area contributed by atoms with Gasteiger partial charge in [-0.1, -0.05) is 13.3 Å². The summed E-state index contributed by atoms with van der Waals surface area (Å²) in [5, 5.41) is 9.85. The molecule has 1 saturated heterocycles. The third-order valence-corrected chi connectivity index (χ3v) is 5.73. The highest BCUT2D eigenvalue weighted by Crippen LogP contribution is 2.28. The van der Waals surface area contributed by atoms with Crippen LogP contribution in [0.5, 0.6) is 0 Å². The Morgan fingerprint density at radius 3 is 2.12 bits per heavy atom. The van der Waals surface area contributed by atoms with Gasteiger partial charge in [0.2, 0.25) is 10.0 Å². The maximum Gasteiger partial charge on any atom is 0.215 e. The zero-order valence-corrected chi connectivity index (χ0v) is 11.7. The first kappa shape index (κ1) is 14.9. The van der Waals surface area contributed by atoms with Crippen molar-refractivity contribution >= 4 is 19.9 Å². The first-order valence-corrected chi connectivity index (χ1v) is 9.13. The lowest BCUT2D eigenvalue weighted by Crippen LogP contribution is -2.63. The molecule has 1 aliphatic rings. The van der Waals surface area contributed by atoms with Crippen molar-refractivity contribution in [2.75, 3.05) is 30.9 Å². The summed E-state index contributed by atoms with van der Waals surface area (Å²) in [5.74, 6) is -0.786. The summed E-state index contributed by atoms with van der Waals surface area (Å²) in [4.78, 5) is 0. The Morgan fingerprint density at radius 1 is 1.18 bits per heavy atom. The molecule has 0 amide bonds. The molecule has 0 spiro atoms. The first-order valence-electron chi connectivity index (χ1n) is 5.46. The van der Waals surface area contributed by atoms with E-state index in [1.165, 1.54) is 0 Å². The van der Waals surface area contributed by atoms with Gasteiger partial charge in [-0.3, -0.25) is 0 Å². The van der Waals surface area contributed by atoms with Gasteiger partial charge in [0.1, 0.15) is 9.84 Å². The second kappa shape index (κ2) is 4.83. The van der Waals surface area contributed by atoms with E-state index in [4.69, 9.17) is 0 Å². The lowest BCUT2D eigenvalue weighted by atomic mass is 9.92. The minimum atomic E-state index is -3.55. The summed E-state index contributed by atoms with van der Waals surface area (Å²) in [6, 6.07) is 0. The van der Waals surface area contributed by atoms with Crippen molar-refractivity contribution in [1.82, 2.24) is 4.31 Å². The fourth-order valence-electron chi connectivity index (χ4n) is 1.82. The third-order valence-electron chi connectivity index (χ3n) is 2.76. The highest BCUT2D eigenvalue weighted by atomic mass is 32.2. The Hall–Kier alpha value is -0.180. The molecule has 1 aliphatic heterocycles. The molecular weight excluding hydrogens is 266 g/mol. The molecule has 0 radical (unpaired) electrons. The third kappa shape index (κ3) is 4.20. The van der Waals surface area contributed by atoms with Crippen LogP contribution in [0.2, 0.25) is 0 Å². The first-order chi connectivity index (χ1) is 7.58. The predicted octanol–water partition coefficient (Wildman–Crippen LogP) is -0.792. The van der Waals surface area contributed by atoms with E-state index in [9.17, 15) is 21.9 Å². The van der Waals surface area contributed by atoms with E-state index in [1.807, 2.05) is 6.92 Å². The quantitative estimate of drug-likeness (QED) is 0.690. The Bertz CT molecular complexity index is 462. The number of β-amino-alcohol motifs (C(OH)–C–C–N with tert-alkyl or cyclic N) is 1. The van der Waals surface area contributed by atoms with Gasteiger partial charge >= 0.3 is 0 Å². The Labute approximate surface area is 103 Å². The van der Waals surface area contributed by atoms with Crippen molar-refractivity contribution in [2.24, 2.45) is 0 Å². The van der Waals surface area contributed by atoms with Gasteiger partial charge in [-0.05, 0) is 6.42 Å². The Balaban J connectivity index is 2.53. The summed E-state index contributed by atoms with van der Waals surface area (Å²) >= 11 is 0. The van der Waals surface area contributed by atoms with Crippen LogP contribution in [0.25, 0.3) is 0 Å². The average molecular weight is 285 g/mol. The molecule has 1 rings (SSSR count). The lowest BCUT2D eigenvalue weighted by Gasteiger charge is -2.45. The molecule has 0 aromatic heterocycles. The molecule has 1 heterocycles. The molecule has 1 N–H and O–H groups in total. The second-order valence-electron chi connectivity index (χ2n) is 4.69. The number of hydrogen-bond donors (Lipinski definition) is 1. The topological polar surface area (TPSA) is 91.8 Å². The van der Waals surface area contributed by atoms with E-state index in [1.54, 1.807) is 0 Å². The summed E-state index contributed by atoms with van der Waals surface area (Å²) in [5.41, 5.74) is -0.924. The largest absolute Gasteiger partial charge is 0.387 e. The van der Waals surface area contributed by atoms with E-state index in [-0.39, 0.29) is 18.8 Å². The molecule has 17 heavy (non-hydrogen) atoms. The normalized spacial score (nSPS) is 21.1. The maximum atomic E-state index is 11.7. The van der Waals surface area contributed by atoms with Crippen LogP contribution >= 0.6 is 0 Å². The molecule has 0 aromatic rings. The smallest absolute Gasteiger partial charge is 0.215 e. The minimum Gasteiger partial charge on any atom is -0.387 e. The number of aliphatic hydroxyl groups is 1. The molecule has 1 fully saturated rings. The predicted molar refractivity (Wildman–Crippen MR) is 64.9 cm³/mol. The molecule has 0 aliphatic carbocycles. The van der Waals surface area contributed by atoms with Gasteiger partial charge < -0.3 is 5.11 Å². The molecule has 0 bridgehead atoms. The zero-order valence-electron chi connectivity index (χ0n) is 10.1. The van der Waals surface area contributed by atoms with E-state index in [0.29, 0.717) is 6.42 Å². The average Bonchev–Trinajstić information content (AvgIpc) is 2.10. The molecular formula is C9H19NO5S2. The van der Waals surface area contributed by atoms with Crippen molar-refractivity contribution < 1.29 is 21.9 Å². The number of sulfonamides is 1. The van der Waals surface area contributed by atoms with Crippen LogP contribution in [-0.2, 0) is 19.9 Å². The van der Waals surface area contributed by atoms with Gasteiger partial charge in [0.05, 0.1) is 17.1 Å². The van der Waals surface area contributed by atoms with Gasteiger partial charge in [0.25, 0.3) is 0 Å². The number of rotatable bonds is 6. The van der Waals surface area contributed by atoms with E-state index < -0.39 is 31.2 Å². The van der Waals surface area contributed by atoms with E-state index >= 15 is 0 Å². The highest BCUT2D eigenvalue weighted by molar-refractivity contribution is 7.93.